The summed E-state index contributed by atoms with van der Waals surface area (Å²) in [5.74, 6) is 0.864. The Hall–Kier alpha value is -3.38. The average Bonchev–Trinajstić information content (AvgIpc) is 3.63. The van der Waals surface area contributed by atoms with Crippen molar-refractivity contribution >= 4 is 16.1 Å². The number of benzene rings is 2. The summed E-state index contributed by atoms with van der Waals surface area (Å²) in [7, 11) is -2.64. The number of ether oxygens (including phenoxy) is 2. The van der Waals surface area contributed by atoms with Crippen LogP contribution in [0.3, 0.4) is 0 Å². The van der Waals surface area contributed by atoms with E-state index in [0.29, 0.717) is 24.5 Å². The molecule has 0 unspecified atom stereocenters. The monoisotopic (exact) mass is 543 g/mol. The Balaban J connectivity index is 1.67. The highest BCUT2D eigenvalue weighted by Gasteiger charge is 2.37. The van der Waals surface area contributed by atoms with Crippen LogP contribution in [0.5, 0.6) is 5.75 Å². The Labute approximate surface area is 222 Å². The largest absolute Gasteiger partial charge is 0.530 e. The summed E-state index contributed by atoms with van der Waals surface area (Å²) in [6, 6.07) is 16.8. The lowest BCUT2D eigenvalue weighted by Gasteiger charge is -2.41. The van der Waals surface area contributed by atoms with E-state index >= 15 is 0 Å². The molecular formula is C27H31N2O8S-. The van der Waals surface area contributed by atoms with Crippen LogP contribution >= 0.6 is 0 Å². The van der Waals surface area contributed by atoms with Gasteiger partial charge in [0.05, 0.1) is 49.6 Å². The topological polar surface area (TPSA) is 133 Å². The number of nitrogens with zero attached hydrogens (tertiary/aromatic N) is 2. The van der Waals surface area contributed by atoms with Crippen molar-refractivity contribution in [3.63, 3.8) is 0 Å². The first-order valence-electron chi connectivity index (χ1n) is 12.2. The fourth-order valence-corrected chi connectivity index (χ4v) is 6.05. The zero-order valence-corrected chi connectivity index (χ0v) is 21.8. The third-order valence-corrected chi connectivity index (χ3v) is 8.43. The third-order valence-electron chi connectivity index (χ3n) is 6.60. The van der Waals surface area contributed by atoms with Gasteiger partial charge in [-0.25, -0.2) is 8.42 Å². The van der Waals surface area contributed by atoms with Crippen LogP contribution in [0, 0.1) is 0 Å². The van der Waals surface area contributed by atoms with Crippen molar-refractivity contribution in [1.29, 1.82) is 0 Å². The van der Waals surface area contributed by atoms with Gasteiger partial charge in [0, 0.05) is 13.2 Å². The first-order valence-corrected chi connectivity index (χ1v) is 13.7. The van der Waals surface area contributed by atoms with Gasteiger partial charge in [-0.2, -0.15) is 4.31 Å². The minimum atomic E-state index is -4.12. The number of aliphatic hydroxyl groups is 1. The number of methoxy groups -OCH3 is 1. The molecule has 1 saturated heterocycles. The van der Waals surface area contributed by atoms with Crippen LogP contribution in [0.2, 0.25) is 0 Å². The maximum absolute atomic E-state index is 13.7. The number of carboxylic acid groups (broad SMARTS) is 1. The van der Waals surface area contributed by atoms with Gasteiger partial charge in [0.15, 0.2) is 0 Å². The van der Waals surface area contributed by atoms with Crippen molar-refractivity contribution in [3.8, 4) is 5.75 Å². The molecule has 2 aromatic carbocycles. The number of carbonyl (C=O) groups is 1. The first kappa shape index (κ1) is 27.6. The quantitative estimate of drug-likeness (QED) is 0.366. The molecular weight excluding hydrogens is 512 g/mol. The SMILES string of the molecule is COc1ccc(S(=O)(=O)N(Cc2ccco2)C[C@@H](O)[C@H](Cc2ccccc2)N(C(=O)[O-])[C@H]2CCOC2)cc1. The van der Waals surface area contributed by atoms with E-state index in [1.807, 2.05) is 30.3 Å². The zero-order chi connectivity index (χ0) is 27.1. The Kier molecular flexibility index (Phi) is 9.05. The van der Waals surface area contributed by atoms with Crippen LogP contribution in [0.4, 0.5) is 4.79 Å². The number of hydrogen-bond acceptors (Lipinski definition) is 8. The second kappa shape index (κ2) is 12.4. The first-order chi connectivity index (χ1) is 18.3. The van der Waals surface area contributed by atoms with E-state index in [-0.39, 0.29) is 31.0 Å². The van der Waals surface area contributed by atoms with Gasteiger partial charge in [-0.15, -0.1) is 0 Å². The number of carbonyl (C=O) groups excluding carboxylic acids is 1. The van der Waals surface area contributed by atoms with Crippen LogP contribution in [0.1, 0.15) is 17.7 Å². The highest BCUT2D eigenvalue weighted by Crippen LogP contribution is 2.25. The molecule has 10 nitrogen and oxygen atoms in total. The minimum Gasteiger partial charge on any atom is -0.530 e. The maximum atomic E-state index is 13.7. The zero-order valence-electron chi connectivity index (χ0n) is 21.0. The molecule has 3 atom stereocenters. The second-order valence-electron chi connectivity index (χ2n) is 9.07. The summed E-state index contributed by atoms with van der Waals surface area (Å²) in [5, 5.41) is 23.8. The van der Waals surface area contributed by atoms with E-state index in [4.69, 9.17) is 13.9 Å². The molecule has 0 spiro atoms. The molecule has 11 heteroatoms. The standard InChI is InChI=1S/C27H32N2O8S/c1-35-22-9-11-24(12-10-22)38(33,34)28(17-23-8-5-14-37-23)18-26(30)25(16-20-6-3-2-4-7-20)29(27(31)32)21-13-15-36-19-21/h2-12,14,21,25-26,30H,13,15-19H2,1H3,(H,31,32)/p-1/t21-,25-,26+/m0/s1. The van der Waals surface area contributed by atoms with Crippen LogP contribution < -0.4 is 9.84 Å². The van der Waals surface area contributed by atoms with Gasteiger partial charge in [-0.3, -0.25) is 0 Å². The van der Waals surface area contributed by atoms with E-state index < -0.39 is 34.3 Å². The minimum absolute atomic E-state index is 0.00221. The molecule has 204 valence electrons. The van der Waals surface area contributed by atoms with Gasteiger partial charge >= 0.3 is 0 Å². The van der Waals surface area contributed by atoms with Crippen molar-refractivity contribution < 1.29 is 37.3 Å². The maximum Gasteiger partial charge on any atom is 0.243 e. The average molecular weight is 544 g/mol. The Bertz CT molecular complexity index is 1260. The fourth-order valence-electron chi connectivity index (χ4n) is 4.62. The summed E-state index contributed by atoms with van der Waals surface area (Å²) in [6.45, 7) is 0.0174. The molecule has 0 radical (unpaired) electrons. The number of aliphatic hydroxyl groups excluding tert-OH is 1. The van der Waals surface area contributed by atoms with Gasteiger partial charge in [0.2, 0.25) is 10.0 Å². The van der Waals surface area contributed by atoms with Crippen molar-refractivity contribution in [2.24, 2.45) is 0 Å². The molecule has 1 aromatic heterocycles. The Morgan fingerprint density at radius 3 is 2.45 bits per heavy atom. The summed E-state index contributed by atoms with van der Waals surface area (Å²) in [4.78, 5) is 13.4. The molecule has 38 heavy (non-hydrogen) atoms. The van der Waals surface area contributed by atoms with Gasteiger partial charge in [0.1, 0.15) is 17.6 Å². The van der Waals surface area contributed by atoms with Crippen LogP contribution in [0.15, 0.2) is 82.3 Å². The summed E-state index contributed by atoms with van der Waals surface area (Å²) >= 11 is 0. The molecule has 3 aromatic rings. The summed E-state index contributed by atoms with van der Waals surface area (Å²) in [5.41, 5.74) is 0.789. The molecule has 0 aliphatic carbocycles. The van der Waals surface area contributed by atoms with Crippen molar-refractivity contribution in [3.05, 3.63) is 84.3 Å². The normalized spacial score (nSPS) is 17.3. The van der Waals surface area contributed by atoms with Crippen LogP contribution in [-0.4, -0.2) is 73.9 Å². The molecule has 1 aliphatic rings. The number of sulfonamides is 1. The van der Waals surface area contributed by atoms with Crippen molar-refractivity contribution in [2.75, 3.05) is 26.9 Å². The van der Waals surface area contributed by atoms with E-state index in [1.54, 1.807) is 12.1 Å². The van der Waals surface area contributed by atoms with Crippen molar-refractivity contribution in [1.82, 2.24) is 9.21 Å². The molecule has 2 heterocycles. The number of rotatable bonds is 12. The molecule has 0 bridgehead atoms. The molecule has 0 saturated carbocycles. The van der Waals surface area contributed by atoms with Gasteiger partial charge in [-0.05, 0) is 54.8 Å². The summed E-state index contributed by atoms with van der Waals surface area (Å²) < 4.78 is 44.4. The molecule has 1 N–H and O–H groups in total. The Morgan fingerprint density at radius 1 is 1.13 bits per heavy atom. The fraction of sp³-hybridized carbons (Fsp3) is 0.370. The van der Waals surface area contributed by atoms with E-state index in [1.165, 1.54) is 37.6 Å². The number of hydrogen-bond donors (Lipinski definition) is 1. The number of furan rings is 1. The van der Waals surface area contributed by atoms with Crippen LogP contribution in [0.25, 0.3) is 0 Å². The second-order valence-corrected chi connectivity index (χ2v) is 11.0. The van der Waals surface area contributed by atoms with Crippen LogP contribution in [-0.2, 0) is 27.7 Å². The number of amides is 1. The van der Waals surface area contributed by atoms with E-state index in [2.05, 4.69) is 0 Å². The van der Waals surface area contributed by atoms with Gasteiger partial charge in [0.25, 0.3) is 0 Å². The van der Waals surface area contributed by atoms with Crippen molar-refractivity contribution in [2.45, 2.75) is 42.5 Å². The highest BCUT2D eigenvalue weighted by atomic mass is 32.2. The van der Waals surface area contributed by atoms with Gasteiger partial charge in [-0.1, -0.05) is 30.3 Å². The Morgan fingerprint density at radius 2 is 1.87 bits per heavy atom. The van der Waals surface area contributed by atoms with E-state index in [9.17, 15) is 23.4 Å². The lowest BCUT2D eigenvalue weighted by atomic mass is 9.97. The smallest absolute Gasteiger partial charge is 0.243 e. The predicted molar refractivity (Wildman–Crippen MR) is 136 cm³/mol. The molecule has 1 amide bonds. The highest BCUT2D eigenvalue weighted by molar-refractivity contribution is 7.89. The third kappa shape index (κ3) is 6.54. The van der Waals surface area contributed by atoms with Gasteiger partial charge < -0.3 is 33.8 Å². The molecule has 4 rings (SSSR count). The summed E-state index contributed by atoms with van der Waals surface area (Å²) in [6.07, 6.45) is -0.802. The van der Waals surface area contributed by atoms with E-state index in [0.717, 1.165) is 14.8 Å². The molecule has 1 aliphatic heterocycles. The lowest BCUT2D eigenvalue weighted by molar-refractivity contribution is -0.272. The predicted octanol–water partition coefficient (Wildman–Crippen LogP) is 1.89. The molecule has 1 fully saturated rings. The lowest BCUT2D eigenvalue weighted by Crippen LogP contribution is -2.59.